The van der Waals surface area contributed by atoms with E-state index in [1.165, 1.54) is 4.90 Å². The summed E-state index contributed by atoms with van der Waals surface area (Å²) in [6, 6.07) is 21.6. The summed E-state index contributed by atoms with van der Waals surface area (Å²) in [6.07, 6.45) is 8.84. The molecule has 8 nitrogen and oxygen atoms in total. The van der Waals surface area contributed by atoms with Crippen LogP contribution in [0.1, 0.15) is 25.3 Å². The van der Waals surface area contributed by atoms with Gasteiger partial charge in [-0.2, -0.15) is 0 Å². The van der Waals surface area contributed by atoms with Crippen LogP contribution in [0.5, 0.6) is 0 Å². The number of nitrogens with zero attached hydrogens (tertiary/aromatic N) is 2. The summed E-state index contributed by atoms with van der Waals surface area (Å²) >= 11 is 0. The Morgan fingerprint density at radius 3 is 2.45 bits per heavy atom. The van der Waals surface area contributed by atoms with Crippen LogP contribution in [0, 0.1) is 11.8 Å². The molecule has 6 atom stereocenters. The first kappa shape index (κ1) is 28.5. The number of hydrogen-bond acceptors (Lipinski definition) is 6. The monoisotopic (exact) mass is 592 g/mol. The van der Waals surface area contributed by atoms with Crippen LogP contribution in [0.15, 0.2) is 97.1 Å². The Labute approximate surface area is 256 Å². The molecule has 3 aromatic carbocycles. The lowest BCUT2D eigenvalue weighted by atomic mass is 9.73. The number of anilines is 1. The van der Waals surface area contributed by atoms with Crippen molar-refractivity contribution in [2.24, 2.45) is 11.8 Å². The van der Waals surface area contributed by atoms with Crippen LogP contribution in [-0.2, 0) is 30.3 Å². The highest BCUT2D eigenvalue weighted by Crippen LogP contribution is 2.58. The van der Waals surface area contributed by atoms with Gasteiger partial charge in [-0.05, 0) is 47.7 Å². The van der Waals surface area contributed by atoms with Gasteiger partial charge in [0, 0.05) is 12.2 Å². The molecule has 1 N–H and O–H groups in total. The Kier molecular flexibility index (Phi) is 7.14. The fourth-order valence-corrected chi connectivity index (χ4v) is 7.77. The lowest BCUT2D eigenvalue weighted by Gasteiger charge is -2.41. The number of ether oxygens (including phenoxy) is 2. The molecule has 4 heterocycles. The van der Waals surface area contributed by atoms with Gasteiger partial charge in [-0.1, -0.05) is 91.9 Å². The second-order valence-electron chi connectivity index (χ2n) is 12.1. The topological polar surface area (TPSA) is 96.4 Å². The number of carbonyl (C=O) groups is 3. The van der Waals surface area contributed by atoms with Gasteiger partial charge in [0.15, 0.2) is 0 Å². The van der Waals surface area contributed by atoms with Crippen molar-refractivity contribution in [1.82, 2.24) is 4.90 Å². The van der Waals surface area contributed by atoms with Crippen LogP contribution in [0.25, 0.3) is 10.8 Å². The van der Waals surface area contributed by atoms with Gasteiger partial charge in [-0.25, -0.2) is 0 Å². The predicted octanol–water partition coefficient (Wildman–Crippen LogP) is 4.21. The van der Waals surface area contributed by atoms with Crippen molar-refractivity contribution in [3.05, 3.63) is 103 Å². The molecule has 0 aliphatic carbocycles. The number of carbonyl (C=O) groups excluding carboxylic acids is 3. The standard InChI is InChI=1S/C36H36N2O6/c1-2-35-17-8-9-20-43-34(42)30(35)29-32(40)38(28(23-39)21-24-11-4-3-5-12-24)31-33(41)37(19-10-18-36(29,31)44-35)27-16-15-25-13-6-7-14-26(25)22-27/h3-8,10-18,22,28-31,39H,2,9,19-21,23H2,1H3/t28-,29+,30-,31?,35+,36+/m1/s1. The van der Waals surface area contributed by atoms with E-state index >= 15 is 0 Å². The Hall–Kier alpha value is -4.27. The van der Waals surface area contributed by atoms with Gasteiger partial charge in [0.1, 0.15) is 23.2 Å². The molecule has 1 unspecified atom stereocenters. The quantitative estimate of drug-likeness (QED) is 0.340. The molecule has 1 spiro atoms. The van der Waals surface area contributed by atoms with Crippen LogP contribution in [0.2, 0.25) is 0 Å². The molecular weight excluding hydrogens is 556 g/mol. The van der Waals surface area contributed by atoms with E-state index in [0.717, 1.165) is 16.3 Å². The van der Waals surface area contributed by atoms with Crippen LogP contribution >= 0.6 is 0 Å². The predicted molar refractivity (Wildman–Crippen MR) is 166 cm³/mol. The van der Waals surface area contributed by atoms with Gasteiger partial charge in [-0.15, -0.1) is 0 Å². The number of cyclic esters (lactones) is 1. The highest BCUT2D eigenvalue weighted by Gasteiger charge is 2.76. The van der Waals surface area contributed by atoms with Crippen molar-refractivity contribution >= 4 is 34.2 Å². The van der Waals surface area contributed by atoms with E-state index in [-0.39, 0.29) is 31.6 Å². The molecule has 0 bridgehead atoms. The van der Waals surface area contributed by atoms with Crippen LogP contribution in [-0.4, -0.2) is 70.8 Å². The zero-order valence-electron chi connectivity index (χ0n) is 24.7. The molecule has 7 rings (SSSR count). The molecule has 0 aromatic heterocycles. The number of esters is 1. The number of aliphatic hydroxyl groups is 1. The van der Waals surface area contributed by atoms with Crippen molar-refractivity contribution in [3.8, 4) is 0 Å². The molecule has 2 fully saturated rings. The number of hydrogen-bond donors (Lipinski definition) is 1. The lowest BCUT2D eigenvalue weighted by molar-refractivity contribution is -0.161. The Bertz CT molecular complexity index is 1670. The number of likely N-dealkylation sites (tertiary alicyclic amines) is 1. The molecule has 0 saturated carbocycles. The first-order valence-corrected chi connectivity index (χ1v) is 15.4. The first-order chi connectivity index (χ1) is 21.4. The summed E-state index contributed by atoms with van der Waals surface area (Å²) in [4.78, 5) is 46.6. The van der Waals surface area contributed by atoms with Gasteiger partial charge in [-0.3, -0.25) is 14.4 Å². The normalized spacial score (nSPS) is 30.3. The summed E-state index contributed by atoms with van der Waals surface area (Å²) < 4.78 is 12.7. The summed E-state index contributed by atoms with van der Waals surface area (Å²) in [5.74, 6) is -3.12. The van der Waals surface area contributed by atoms with E-state index < -0.39 is 41.1 Å². The lowest BCUT2D eigenvalue weighted by Crippen LogP contribution is -2.59. The summed E-state index contributed by atoms with van der Waals surface area (Å²) in [5.41, 5.74) is -0.925. The average molecular weight is 593 g/mol. The molecule has 4 aliphatic heterocycles. The maximum Gasteiger partial charge on any atom is 0.313 e. The number of amides is 2. The highest BCUT2D eigenvalue weighted by molar-refractivity contribution is 6.06. The smallest absolute Gasteiger partial charge is 0.313 e. The second-order valence-corrected chi connectivity index (χ2v) is 12.1. The SMILES string of the molecule is CC[C@]12C=CCCOC(=O)[C@H]1[C@H]1C(=O)N([C@@H](CO)Cc3ccccc3)C3C(=O)N(c4ccc5ccccc5c4)CC=C[C@@]31O2. The second kappa shape index (κ2) is 11.0. The van der Waals surface area contributed by atoms with Crippen LogP contribution < -0.4 is 4.90 Å². The molecule has 226 valence electrons. The Morgan fingerprint density at radius 2 is 1.68 bits per heavy atom. The minimum Gasteiger partial charge on any atom is -0.465 e. The molecular formula is C36H36N2O6. The third-order valence-corrected chi connectivity index (χ3v) is 9.80. The van der Waals surface area contributed by atoms with Gasteiger partial charge in [0.25, 0.3) is 5.91 Å². The molecule has 0 radical (unpaired) electrons. The zero-order valence-corrected chi connectivity index (χ0v) is 24.7. The summed E-state index contributed by atoms with van der Waals surface area (Å²) in [5, 5.41) is 12.8. The molecule has 2 saturated heterocycles. The molecule has 3 aromatic rings. The number of benzene rings is 3. The van der Waals surface area contributed by atoms with E-state index in [2.05, 4.69) is 0 Å². The van der Waals surface area contributed by atoms with E-state index in [1.807, 2.05) is 104 Å². The van der Waals surface area contributed by atoms with E-state index in [1.54, 1.807) is 4.90 Å². The fraction of sp³-hybridized carbons (Fsp3) is 0.361. The van der Waals surface area contributed by atoms with Crippen molar-refractivity contribution in [1.29, 1.82) is 0 Å². The van der Waals surface area contributed by atoms with Gasteiger partial charge < -0.3 is 24.4 Å². The highest BCUT2D eigenvalue weighted by atomic mass is 16.6. The molecule has 4 aliphatic rings. The number of aliphatic hydroxyl groups excluding tert-OH is 1. The zero-order chi connectivity index (χ0) is 30.5. The number of rotatable bonds is 6. The van der Waals surface area contributed by atoms with Gasteiger partial charge in [0.05, 0.1) is 25.2 Å². The average Bonchev–Trinajstić information content (AvgIpc) is 3.40. The first-order valence-electron chi connectivity index (χ1n) is 15.4. The number of fused-ring (bicyclic) bond motifs is 3. The van der Waals surface area contributed by atoms with Crippen molar-refractivity contribution in [2.75, 3.05) is 24.7 Å². The maximum atomic E-state index is 14.9. The minimum absolute atomic E-state index is 0.213. The van der Waals surface area contributed by atoms with E-state index in [9.17, 15) is 19.5 Å². The molecule has 8 heteroatoms. The van der Waals surface area contributed by atoms with E-state index in [0.29, 0.717) is 24.9 Å². The molecule has 2 amide bonds. The third-order valence-electron chi connectivity index (χ3n) is 9.80. The largest absolute Gasteiger partial charge is 0.465 e. The van der Waals surface area contributed by atoms with Gasteiger partial charge >= 0.3 is 5.97 Å². The third kappa shape index (κ3) is 4.31. The minimum atomic E-state index is -1.43. The van der Waals surface area contributed by atoms with Crippen molar-refractivity contribution in [2.45, 2.75) is 49.5 Å². The van der Waals surface area contributed by atoms with Crippen molar-refractivity contribution < 1.29 is 29.0 Å². The molecule has 44 heavy (non-hydrogen) atoms. The van der Waals surface area contributed by atoms with Crippen molar-refractivity contribution in [3.63, 3.8) is 0 Å². The fourth-order valence-electron chi connectivity index (χ4n) is 7.77. The van der Waals surface area contributed by atoms with E-state index in [4.69, 9.17) is 9.47 Å². The summed E-state index contributed by atoms with van der Waals surface area (Å²) in [6.45, 7) is 2.04. The van der Waals surface area contributed by atoms with Gasteiger partial charge in [0.2, 0.25) is 5.91 Å². The maximum absolute atomic E-state index is 14.9. The Morgan fingerprint density at radius 1 is 0.909 bits per heavy atom. The Balaban J connectivity index is 1.38. The van der Waals surface area contributed by atoms with Crippen LogP contribution in [0.4, 0.5) is 5.69 Å². The summed E-state index contributed by atoms with van der Waals surface area (Å²) in [7, 11) is 0. The van der Waals surface area contributed by atoms with Crippen LogP contribution in [0.3, 0.4) is 0 Å².